The van der Waals surface area contributed by atoms with Gasteiger partial charge in [0, 0.05) is 22.2 Å². The van der Waals surface area contributed by atoms with Gasteiger partial charge in [-0.1, -0.05) is 11.6 Å². The molecule has 0 aliphatic heterocycles. The summed E-state index contributed by atoms with van der Waals surface area (Å²) in [4.78, 5) is 16.1. The number of methoxy groups -OCH3 is 1. The molecule has 9 heteroatoms. The van der Waals surface area contributed by atoms with Gasteiger partial charge < -0.3 is 10.1 Å². The van der Waals surface area contributed by atoms with Crippen molar-refractivity contribution >= 4 is 34.5 Å². The highest BCUT2D eigenvalue weighted by atomic mass is 35.5. The van der Waals surface area contributed by atoms with Crippen molar-refractivity contribution in [2.45, 2.75) is 13.1 Å². The van der Waals surface area contributed by atoms with Crippen LogP contribution < -0.4 is 10.1 Å². The lowest BCUT2D eigenvalue weighted by Gasteiger charge is -2.10. The van der Waals surface area contributed by atoms with Crippen LogP contribution >= 0.6 is 22.9 Å². The lowest BCUT2D eigenvalue weighted by Crippen LogP contribution is -2.13. The fraction of sp³-hybridized carbons (Fsp3) is 0.158. The van der Waals surface area contributed by atoms with E-state index in [4.69, 9.17) is 16.3 Å². The van der Waals surface area contributed by atoms with Gasteiger partial charge in [-0.25, -0.2) is 4.98 Å². The van der Waals surface area contributed by atoms with Gasteiger partial charge in [-0.3, -0.25) is 4.79 Å². The average Bonchev–Trinajstić information content (AvgIpc) is 3.11. The Kier molecular flexibility index (Phi) is 5.62. The maximum atomic E-state index is 12.7. The van der Waals surface area contributed by atoms with Crippen molar-refractivity contribution in [1.29, 1.82) is 0 Å². The van der Waals surface area contributed by atoms with Gasteiger partial charge in [0.2, 0.25) is 0 Å². The summed E-state index contributed by atoms with van der Waals surface area (Å²) in [5.41, 5.74) is 2.11. The number of anilines is 1. The minimum atomic E-state index is -4.50. The Balaban J connectivity index is 1.81. The molecule has 0 aliphatic rings. The van der Waals surface area contributed by atoms with Gasteiger partial charge in [-0.2, -0.15) is 13.2 Å². The molecular weight excluding hydrogens is 413 g/mol. The van der Waals surface area contributed by atoms with Crippen molar-refractivity contribution in [3.8, 4) is 17.0 Å². The standard InChI is InChI=1S/C19H14ClF3N2O2S/c1-10-7-12(27-2)4-6-13(10)17(26)24-11-3-5-14(15(20)8-11)16-9-28-18(25-16)19(21,22)23/h3-9H,1-2H3,(H,24,26). The van der Waals surface area contributed by atoms with Crippen molar-refractivity contribution in [2.24, 2.45) is 0 Å². The van der Waals surface area contributed by atoms with E-state index >= 15 is 0 Å². The number of halogens is 4. The number of alkyl halides is 3. The van der Waals surface area contributed by atoms with Gasteiger partial charge in [0.25, 0.3) is 5.91 Å². The summed E-state index contributed by atoms with van der Waals surface area (Å²) in [5.74, 6) is 0.305. The first-order valence-electron chi connectivity index (χ1n) is 7.97. The minimum absolute atomic E-state index is 0.131. The van der Waals surface area contributed by atoms with E-state index in [0.29, 0.717) is 33.9 Å². The van der Waals surface area contributed by atoms with Gasteiger partial charge in [-0.05, 0) is 48.9 Å². The molecule has 1 heterocycles. The number of thiazole rings is 1. The van der Waals surface area contributed by atoms with Crippen molar-refractivity contribution in [3.05, 3.63) is 62.9 Å². The monoisotopic (exact) mass is 426 g/mol. The number of ether oxygens (including phenoxy) is 1. The third-order valence-corrected chi connectivity index (χ3v) is 5.13. The highest BCUT2D eigenvalue weighted by Crippen LogP contribution is 2.36. The Labute approximate surface area is 167 Å². The molecule has 0 unspecified atom stereocenters. The summed E-state index contributed by atoms with van der Waals surface area (Å²) in [6.07, 6.45) is -4.50. The number of amides is 1. The quantitative estimate of drug-likeness (QED) is 0.552. The first-order valence-corrected chi connectivity index (χ1v) is 9.23. The molecule has 0 bridgehead atoms. The zero-order valence-corrected chi connectivity index (χ0v) is 16.3. The zero-order valence-electron chi connectivity index (χ0n) is 14.7. The van der Waals surface area contributed by atoms with Crippen LogP contribution in [0.4, 0.5) is 18.9 Å². The largest absolute Gasteiger partial charge is 0.497 e. The number of nitrogens with one attached hydrogen (secondary N) is 1. The highest BCUT2D eigenvalue weighted by molar-refractivity contribution is 7.10. The van der Waals surface area contributed by atoms with Crippen molar-refractivity contribution in [2.75, 3.05) is 12.4 Å². The van der Waals surface area contributed by atoms with Gasteiger partial charge in [0.1, 0.15) is 5.75 Å². The van der Waals surface area contributed by atoms with Crippen LogP contribution in [0.15, 0.2) is 41.8 Å². The third-order valence-electron chi connectivity index (χ3n) is 3.93. The molecule has 4 nitrogen and oxygen atoms in total. The summed E-state index contributed by atoms with van der Waals surface area (Å²) < 4.78 is 43.3. The molecule has 2 aromatic carbocycles. The fourth-order valence-electron chi connectivity index (χ4n) is 2.54. The van der Waals surface area contributed by atoms with E-state index in [1.165, 1.54) is 24.6 Å². The number of hydrogen-bond acceptors (Lipinski definition) is 4. The van der Waals surface area contributed by atoms with Crippen molar-refractivity contribution < 1.29 is 22.7 Å². The molecule has 28 heavy (non-hydrogen) atoms. The predicted molar refractivity (Wildman–Crippen MR) is 103 cm³/mol. The number of hydrogen-bond donors (Lipinski definition) is 1. The van der Waals surface area contributed by atoms with Crippen molar-refractivity contribution in [3.63, 3.8) is 0 Å². The maximum Gasteiger partial charge on any atom is 0.443 e. The molecule has 1 N–H and O–H groups in total. The van der Waals surface area contributed by atoms with Crippen LogP contribution in [0.3, 0.4) is 0 Å². The Morgan fingerprint density at radius 2 is 1.96 bits per heavy atom. The van der Waals surface area contributed by atoms with Gasteiger partial charge in [0.05, 0.1) is 17.8 Å². The van der Waals surface area contributed by atoms with Crippen molar-refractivity contribution in [1.82, 2.24) is 4.98 Å². The van der Waals surface area contributed by atoms with Crippen LogP contribution in [0.5, 0.6) is 5.75 Å². The number of nitrogens with zero attached hydrogens (tertiary/aromatic N) is 1. The molecule has 0 aliphatic carbocycles. The number of rotatable bonds is 4. The van der Waals surface area contributed by atoms with Crippen LogP contribution in [0.25, 0.3) is 11.3 Å². The van der Waals surface area contributed by atoms with E-state index in [1.807, 2.05) is 0 Å². The second-order valence-electron chi connectivity index (χ2n) is 5.87. The molecule has 1 aromatic heterocycles. The second-order valence-corrected chi connectivity index (χ2v) is 7.13. The second kappa shape index (κ2) is 7.81. The Hall–Kier alpha value is -2.58. The molecule has 1 amide bonds. The summed E-state index contributed by atoms with van der Waals surface area (Å²) >= 11 is 6.71. The van der Waals surface area contributed by atoms with Crippen LogP contribution in [0.1, 0.15) is 20.9 Å². The number of aromatic nitrogens is 1. The van der Waals surface area contributed by atoms with Gasteiger partial charge >= 0.3 is 6.18 Å². The lowest BCUT2D eigenvalue weighted by atomic mass is 10.1. The van der Waals surface area contributed by atoms with Crippen LogP contribution in [0.2, 0.25) is 5.02 Å². The molecule has 3 aromatic rings. The predicted octanol–water partition coefficient (Wildman–Crippen LogP) is 6.05. The molecule has 0 fully saturated rings. The summed E-state index contributed by atoms with van der Waals surface area (Å²) in [7, 11) is 1.54. The zero-order chi connectivity index (χ0) is 20.5. The maximum absolute atomic E-state index is 12.7. The summed E-state index contributed by atoms with van der Waals surface area (Å²) in [6, 6.07) is 9.62. The Morgan fingerprint density at radius 1 is 1.21 bits per heavy atom. The normalized spacial score (nSPS) is 11.4. The Morgan fingerprint density at radius 3 is 2.54 bits per heavy atom. The average molecular weight is 427 g/mol. The van der Waals surface area contributed by atoms with E-state index in [2.05, 4.69) is 10.3 Å². The Bertz CT molecular complexity index is 1030. The highest BCUT2D eigenvalue weighted by Gasteiger charge is 2.34. The topological polar surface area (TPSA) is 51.2 Å². The first-order chi connectivity index (χ1) is 13.2. The number of carbonyl (C=O) groups excluding carboxylic acids is 1. The van der Waals surface area contributed by atoms with Crippen LogP contribution in [-0.4, -0.2) is 18.0 Å². The molecule has 0 radical (unpaired) electrons. The smallest absolute Gasteiger partial charge is 0.443 e. The molecule has 0 saturated heterocycles. The minimum Gasteiger partial charge on any atom is -0.497 e. The molecule has 0 spiro atoms. The molecule has 146 valence electrons. The first kappa shape index (κ1) is 20.2. The number of carbonyl (C=O) groups is 1. The van der Waals surface area contributed by atoms with Gasteiger partial charge in [0.15, 0.2) is 5.01 Å². The van der Waals surface area contributed by atoms with E-state index in [1.54, 1.807) is 31.2 Å². The van der Waals surface area contributed by atoms with E-state index in [9.17, 15) is 18.0 Å². The molecule has 3 rings (SSSR count). The SMILES string of the molecule is COc1ccc(C(=O)Nc2ccc(-c3csc(C(F)(F)F)n3)c(Cl)c2)c(C)c1. The van der Waals surface area contributed by atoms with E-state index in [-0.39, 0.29) is 16.6 Å². The van der Waals surface area contributed by atoms with Crippen LogP contribution in [-0.2, 0) is 6.18 Å². The van der Waals surface area contributed by atoms with Gasteiger partial charge in [-0.15, -0.1) is 11.3 Å². The van der Waals surface area contributed by atoms with E-state index in [0.717, 1.165) is 5.56 Å². The summed E-state index contributed by atoms with van der Waals surface area (Å²) in [6.45, 7) is 1.79. The molecule has 0 atom stereocenters. The van der Waals surface area contributed by atoms with E-state index < -0.39 is 11.2 Å². The molecule has 0 saturated carbocycles. The fourth-order valence-corrected chi connectivity index (χ4v) is 3.51. The molecular formula is C19H14ClF3N2O2S. The number of aryl methyl sites for hydroxylation is 1. The summed E-state index contributed by atoms with van der Waals surface area (Å²) in [5, 5.41) is 3.26. The third kappa shape index (κ3) is 4.28. The lowest BCUT2D eigenvalue weighted by molar-refractivity contribution is -0.137. The van der Waals surface area contributed by atoms with Crippen LogP contribution in [0, 0.1) is 6.92 Å². The number of benzene rings is 2.